The third kappa shape index (κ3) is 4.65. The summed E-state index contributed by atoms with van der Waals surface area (Å²) in [6, 6.07) is 13.4. The summed E-state index contributed by atoms with van der Waals surface area (Å²) in [5.74, 6) is -0.386. The number of carbonyl (C=O) groups is 2. The Morgan fingerprint density at radius 2 is 1.85 bits per heavy atom. The molecular formula is C21H25N3O3. The fraction of sp³-hybridized carbons (Fsp3) is 0.333. The van der Waals surface area contributed by atoms with Gasteiger partial charge in [0.05, 0.1) is 12.6 Å². The van der Waals surface area contributed by atoms with Crippen molar-refractivity contribution in [3.63, 3.8) is 0 Å². The molecule has 2 aromatic rings. The molecule has 3 rings (SSSR count). The Kier molecular flexibility index (Phi) is 5.76. The molecule has 2 N–H and O–H groups in total. The Labute approximate surface area is 159 Å². The van der Waals surface area contributed by atoms with Crippen LogP contribution in [0.4, 0.5) is 5.69 Å². The smallest absolute Gasteiger partial charge is 0.313 e. The van der Waals surface area contributed by atoms with Crippen molar-refractivity contribution in [1.29, 1.82) is 0 Å². The highest BCUT2D eigenvalue weighted by atomic mass is 16.5. The molecule has 0 spiro atoms. The Morgan fingerprint density at radius 3 is 2.56 bits per heavy atom. The SMILES string of the molecule is Cc1ccc(NC(=O)C(=O)NCC(c2ccc3c(c2)CCO3)N(C)C)cc1. The Balaban J connectivity index is 1.61. The van der Waals surface area contributed by atoms with Gasteiger partial charge in [-0.25, -0.2) is 0 Å². The van der Waals surface area contributed by atoms with Gasteiger partial charge in [0.2, 0.25) is 0 Å². The van der Waals surface area contributed by atoms with Crippen LogP contribution in [0.3, 0.4) is 0 Å². The number of hydrogen-bond acceptors (Lipinski definition) is 4. The summed E-state index contributed by atoms with van der Waals surface area (Å²) in [6.07, 6.45) is 0.897. The van der Waals surface area contributed by atoms with Gasteiger partial charge in [-0.3, -0.25) is 9.59 Å². The third-order valence-corrected chi connectivity index (χ3v) is 4.69. The average Bonchev–Trinajstić information content (AvgIpc) is 3.11. The predicted molar refractivity (Wildman–Crippen MR) is 105 cm³/mol. The molecule has 2 amide bonds. The second kappa shape index (κ2) is 8.22. The second-order valence-corrected chi connectivity index (χ2v) is 6.98. The minimum absolute atomic E-state index is 0.0352. The van der Waals surface area contributed by atoms with E-state index in [1.165, 1.54) is 5.56 Å². The van der Waals surface area contributed by atoms with Crippen LogP contribution >= 0.6 is 0 Å². The van der Waals surface area contributed by atoms with E-state index in [1.54, 1.807) is 12.1 Å². The minimum Gasteiger partial charge on any atom is -0.493 e. The van der Waals surface area contributed by atoms with Crippen molar-refractivity contribution < 1.29 is 14.3 Å². The van der Waals surface area contributed by atoms with E-state index in [4.69, 9.17) is 4.74 Å². The Hall–Kier alpha value is -2.86. The maximum Gasteiger partial charge on any atom is 0.313 e. The molecule has 142 valence electrons. The highest BCUT2D eigenvalue weighted by molar-refractivity contribution is 6.39. The van der Waals surface area contributed by atoms with Crippen LogP contribution in [0.1, 0.15) is 22.7 Å². The first kappa shape index (κ1) is 18.9. The lowest BCUT2D eigenvalue weighted by atomic mass is 10.0. The summed E-state index contributed by atoms with van der Waals surface area (Å²) in [7, 11) is 3.90. The summed E-state index contributed by atoms with van der Waals surface area (Å²) in [6.45, 7) is 3.01. The fourth-order valence-electron chi connectivity index (χ4n) is 3.11. The number of carbonyl (C=O) groups excluding carboxylic acids is 2. The zero-order chi connectivity index (χ0) is 19.4. The third-order valence-electron chi connectivity index (χ3n) is 4.69. The van der Waals surface area contributed by atoms with Crippen LogP contribution < -0.4 is 15.4 Å². The van der Waals surface area contributed by atoms with E-state index in [0.717, 1.165) is 23.3 Å². The van der Waals surface area contributed by atoms with Crippen molar-refractivity contribution in [2.45, 2.75) is 19.4 Å². The van der Waals surface area contributed by atoms with Crippen molar-refractivity contribution in [3.8, 4) is 5.75 Å². The number of benzene rings is 2. The molecule has 27 heavy (non-hydrogen) atoms. The highest BCUT2D eigenvalue weighted by Crippen LogP contribution is 2.29. The van der Waals surface area contributed by atoms with Gasteiger partial charge in [-0.1, -0.05) is 29.8 Å². The lowest BCUT2D eigenvalue weighted by Gasteiger charge is -2.25. The summed E-state index contributed by atoms with van der Waals surface area (Å²) in [5, 5.41) is 5.35. The lowest BCUT2D eigenvalue weighted by molar-refractivity contribution is -0.136. The maximum absolute atomic E-state index is 12.2. The van der Waals surface area contributed by atoms with Crippen LogP contribution in [-0.2, 0) is 16.0 Å². The first-order valence-corrected chi connectivity index (χ1v) is 9.02. The molecule has 0 aliphatic carbocycles. The zero-order valence-corrected chi connectivity index (χ0v) is 15.9. The monoisotopic (exact) mass is 367 g/mol. The molecule has 1 atom stereocenters. The first-order chi connectivity index (χ1) is 12.9. The van der Waals surface area contributed by atoms with Gasteiger partial charge < -0.3 is 20.3 Å². The lowest BCUT2D eigenvalue weighted by Crippen LogP contribution is -2.40. The zero-order valence-electron chi connectivity index (χ0n) is 15.9. The molecular weight excluding hydrogens is 342 g/mol. The van der Waals surface area contributed by atoms with E-state index in [1.807, 2.05) is 50.2 Å². The molecule has 6 nitrogen and oxygen atoms in total. The summed E-state index contributed by atoms with van der Waals surface area (Å²) >= 11 is 0. The molecule has 1 aliphatic rings. The van der Waals surface area contributed by atoms with Crippen LogP contribution in [0.25, 0.3) is 0 Å². The molecule has 0 bridgehead atoms. The van der Waals surface area contributed by atoms with Gasteiger partial charge in [0, 0.05) is 18.7 Å². The number of rotatable bonds is 5. The number of amides is 2. The van der Waals surface area contributed by atoms with Crippen molar-refractivity contribution in [1.82, 2.24) is 10.2 Å². The van der Waals surface area contributed by atoms with Crippen molar-refractivity contribution >= 4 is 17.5 Å². The molecule has 0 saturated carbocycles. The number of nitrogens with one attached hydrogen (secondary N) is 2. The van der Waals surface area contributed by atoms with Gasteiger partial charge >= 0.3 is 11.8 Å². The molecule has 0 radical (unpaired) electrons. The van der Waals surface area contributed by atoms with E-state index in [2.05, 4.69) is 16.7 Å². The largest absolute Gasteiger partial charge is 0.493 e. The van der Waals surface area contributed by atoms with Crippen LogP contribution in [0.2, 0.25) is 0 Å². The minimum atomic E-state index is -0.668. The molecule has 1 unspecified atom stereocenters. The average molecular weight is 367 g/mol. The van der Waals surface area contributed by atoms with E-state index in [9.17, 15) is 9.59 Å². The van der Waals surface area contributed by atoms with Gasteiger partial charge in [-0.2, -0.15) is 0 Å². The predicted octanol–water partition coefficient (Wildman–Crippen LogP) is 2.29. The number of likely N-dealkylation sites (N-methyl/N-ethyl adjacent to an activating group) is 1. The van der Waals surface area contributed by atoms with Crippen LogP contribution in [0.15, 0.2) is 42.5 Å². The van der Waals surface area contributed by atoms with Gasteiger partial charge in [0.25, 0.3) is 0 Å². The van der Waals surface area contributed by atoms with E-state index in [-0.39, 0.29) is 6.04 Å². The standard InChI is InChI=1S/C21H25N3O3/c1-14-4-7-17(8-5-14)23-21(26)20(25)22-13-18(24(2)3)15-6-9-19-16(12-15)10-11-27-19/h4-9,12,18H,10-11,13H2,1-3H3,(H,22,25)(H,23,26). The maximum atomic E-state index is 12.2. The second-order valence-electron chi connectivity index (χ2n) is 6.98. The summed E-state index contributed by atoms with van der Waals surface area (Å²) in [4.78, 5) is 26.3. The Morgan fingerprint density at radius 1 is 1.11 bits per heavy atom. The molecule has 0 fully saturated rings. The first-order valence-electron chi connectivity index (χ1n) is 9.02. The molecule has 1 aliphatic heterocycles. The molecule has 2 aromatic carbocycles. The fourth-order valence-corrected chi connectivity index (χ4v) is 3.11. The van der Waals surface area contributed by atoms with Gasteiger partial charge in [-0.05, 0) is 50.3 Å². The normalized spacial score (nSPS) is 13.6. The number of aryl methyl sites for hydroxylation is 1. The number of ether oxygens (including phenoxy) is 1. The van der Waals surface area contributed by atoms with E-state index in [0.29, 0.717) is 18.8 Å². The molecule has 0 aromatic heterocycles. The van der Waals surface area contributed by atoms with Crippen molar-refractivity contribution in [3.05, 3.63) is 59.2 Å². The summed E-state index contributed by atoms with van der Waals surface area (Å²) in [5.41, 5.74) is 3.96. The number of hydrogen-bond donors (Lipinski definition) is 2. The molecule has 1 heterocycles. The van der Waals surface area contributed by atoms with Crippen LogP contribution in [0.5, 0.6) is 5.75 Å². The quantitative estimate of drug-likeness (QED) is 0.796. The number of fused-ring (bicyclic) bond motifs is 1. The van der Waals surface area contributed by atoms with Gasteiger partial charge in [-0.15, -0.1) is 0 Å². The number of nitrogens with zero attached hydrogens (tertiary/aromatic N) is 1. The van der Waals surface area contributed by atoms with Crippen molar-refractivity contribution in [2.24, 2.45) is 0 Å². The number of anilines is 1. The van der Waals surface area contributed by atoms with Crippen molar-refractivity contribution in [2.75, 3.05) is 32.6 Å². The van der Waals surface area contributed by atoms with Crippen LogP contribution in [-0.4, -0.2) is 44.0 Å². The molecule has 6 heteroatoms. The summed E-state index contributed by atoms with van der Waals surface area (Å²) < 4.78 is 5.55. The van der Waals surface area contributed by atoms with Crippen LogP contribution in [0, 0.1) is 6.92 Å². The van der Waals surface area contributed by atoms with E-state index < -0.39 is 11.8 Å². The highest BCUT2D eigenvalue weighted by Gasteiger charge is 2.21. The van der Waals surface area contributed by atoms with E-state index >= 15 is 0 Å². The van der Waals surface area contributed by atoms with Gasteiger partial charge in [0.15, 0.2) is 0 Å². The molecule has 0 saturated heterocycles. The topological polar surface area (TPSA) is 70.7 Å². The Bertz CT molecular complexity index is 831. The van der Waals surface area contributed by atoms with Gasteiger partial charge in [0.1, 0.15) is 5.75 Å².